The Morgan fingerprint density at radius 1 is 1.36 bits per heavy atom. The van der Waals surface area contributed by atoms with E-state index in [4.69, 9.17) is 21.9 Å². The Hall–Kier alpha value is -2.04. The van der Waals surface area contributed by atoms with Crippen LogP contribution in [0.1, 0.15) is 53.0 Å². The van der Waals surface area contributed by atoms with Gasteiger partial charge in [-0.3, -0.25) is 0 Å². The quantitative estimate of drug-likeness (QED) is 0.263. The van der Waals surface area contributed by atoms with Crippen molar-refractivity contribution in [3.05, 3.63) is 45.5 Å². The maximum Gasteiger partial charge on any atom is 0.223 e. The molecule has 0 spiro atoms. The Labute approximate surface area is 153 Å². The van der Waals surface area contributed by atoms with Crippen LogP contribution in [0, 0.1) is 5.92 Å². The standard InChI is InChI=1S/C18H23ClN5O/c1-6-18(5,23-24-20)15-10-22-17(25-12(4)7-11(2)3)14-9-21-16(19)8-13(14)15/h8-10,12H,6-7H2,1-5H3/t12-,18+/m0/s1. The van der Waals surface area contributed by atoms with E-state index in [9.17, 15) is 0 Å². The molecule has 2 aromatic heterocycles. The van der Waals surface area contributed by atoms with Crippen LogP contribution >= 0.6 is 11.6 Å². The highest BCUT2D eigenvalue weighted by Gasteiger charge is 2.27. The summed E-state index contributed by atoms with van der Waals surface area (Å²) in [6.07, 6.45) is 4.84. The molecule has 0 aliphatic carbocycles. The lowest BCUT2D eigenvalue weighted by Crippen LogP contribution is -2.19. The van der Waals surface area contributed by atoms with Gasteiger partial charge in [0.15, 0.2) is 0 Å². The summed E-state index contributed by atoms with van der Waals surface area (Å²) >= 11 is 6.11. The minimum Gasteiger partial charge on any atom is -0.474 e. The molecule has 0 N–H and O–H groups in total. The van der Waals surface area contributed by atoms with Gasteiger partial charge in [0.1, 0.15) is 5.15 Å². The molecule has 0 bridgehead atoms. The molecule has 0 amide bonds. The first kappa shape index (κ1) is 19.3. The average Bonchev–Trinajstić information content (AvgIpc) is 2.54. The van der Waals surface area contributed by atoms with Crippen LogP contribution in [-0.2, 0) is 5.54 Å². The third kappa shape index (κ3) is 4.33. The first-order valence-electron chi connectivity index (χ1n) is 8.27. The third-order valence-corrected chi connectivity index (χ3v) is 4.45. The molecule has 0 aliphatic heterocycles. The highest BCUT2D eigenvalue weighted by atomic mass is 35.5. The number of rotatable bonds is 7. The first-order chi connectivity index (χ1) is 11.8. The Morgan fingerprint density at radius 2 is 2.08 bits per heavy atom. The summed E-state index contributed by atoms with van der Waals surface area (Å²) in [4.78, 5) is 11.7. The number of hydrogen-bond acceptors (Lipinski definition) is 4. The van der Waals surface area contributed by atoms with Crippen LogP contribution in [0.15, 0.2) is 23.6 Å². The summed E-state index contributed by atoms with van der Waals surface area (Å²) < 4.78 is 6.02. The lowest BCUT2D eigenvalue weighted by atomic mass is 9.88. The molecule has 7 heteroatoms. The third-order valence-electron chi connectivity index (χ3n) is 4.24. The maximum absolute atomic E-state index is 8.95. The molecule has 0 saturated heterocycles. The van der Waals surface area contributed by atoms with Crippen LogP contribution in [-0.4, -0.2) is 16.1 Å². The molecular weight excluding hydrogens is 338 g/mol. The van der Waals surface area contributed by atoms with Crippen molar-refractivity contribution >= 4 is 22.4 Å². The van der Waals surface area contributed by atoms with Gasteiger partial charge in [-0.25, -0.2) is 9.97 Å². The predicted molar refractivity (Wildman–Crippen MR) is 101 cm³/mol. The summed E-state index contributed by atoms with van der Waals surface area (Å²) in [6, 6.07) is 1.77. The number of aromatic nitrogens is 2. The van der Waals surface area contributed by atoms with Crippen molar-refractivity contribution in [2.24, 2.45) is 5.11 Å². The normalized spacial score (nSPS) is 14.8. The summed E-state index contributed by atoms with van der Waals surface area (Å²) in [5.74, 6) is 1.80. The van der Waals surface area contributed by atoms with Gasteiger partial charge in [-0.2, -0.15) is 0 Å². The topological polar surface area (TPSA) is 83.8 Å². The summed E-state index contributed by atoms with van der Waals surface area (Å²) in [7, 11) is 0. The lowest BCUT2D eigenvalue weighted by Gasteiger charge is -2.25. The van der Waals surface area contributed by atoms with Crippen LogP contribution in [0.5, 0.6) is 5.88 Å². The molecular formula is C18H23ClN5O. The number of ether oxygens (including phenoxy) is 1. The molecule has 2 aromatic rings. The fourth-order valence-corrected chi connectivity index (χ4v) is 2.99. The fraction of sp³-hybridized carbons (Fsp3) is 0.500. The van der Waals surface area contributed by atoms with Gasteiger partial charge in [0.05, 0.1) is 17.0 Å². The second-order valence-corrected chi connectivity index (χ2v) is 7.07. The fourth-order valence-electron chi connectivity index (χ4n) is 2.83. The van der Waals surface area contributed by atoms with Gasteiger partial charge in [0, 0.05) is 17.3 Å². The van der Waals surface area contributed by atoms with Crippen molar-refractivity contribution in [3.8, 4) is 5.88 Å². The molecule has 2 rings (SSSR count). The number of nitrogens with zero attached hydrogens (tertiary/aromatic N) is 5. The van der Waals surface area contributed by atoms with E-state index in [1.165, 1.54) is 5.92 Å². The molecule has 25 heavy (non-hydrogen) atoms. The van der Waals surface area contributed by atoms with Gasteiger partial charge in [0.2, 0.25) is 5.88 Å². The molecule has 6 nitrogen and oxygen atoms in total. The molecule has 1 radical (unpaired) electrons. The number of hydrogen-bond donors (Lipinski definition) is 0. The molecule has 2 atom stereocenters. The van der Waals surface area contributed by atoms with E-state index in [1.807, 2.05) is 20.8 Å². The largest absolute Gasteiger partial charge is 0.474 e. The van der Waals surface area contributed by atoms with Crippen molar-refractivity contribution in [1.82, 2.24) is 9.97 Å². The highest BCUT2D eigenvalue weighted by Crippen LogP contribution is 2.37. The highest BCUT2D eigenvalue weighted by molar-refractivity contribution is 6.30. The molecule has 0 aromatic carbocycles. The molecule has 0 fully saturated rings. The first-order valence-corrected chi connectivity index (χ1v) is 8.65. The van der Waals surface area contributed by atoms with Crippen molar-refractivity contribution in [1.29, 1.82) is 0 Å². The molecule has 2 heterocycles. The molecule has 0 saturated carbocycles. The minimum atomic E-state index is -0.720. The van der Waals surface area contributed by atoms with Crippen molar-refractivity contribution < 1.29 is 4.74 Å². The Morgan fingerprint density at radius 3 is 2.68 bits per heavy atom. The van der Waals surface area contributed by atoms with Crippen molar-refractivity contribution in [2.45, 2.75) is 59.1 Å². The molecule has 133 valence electrons. The minimum absolute atomic E-state index is 0.00286. The van der Waals surface area contributed by atoms with Gasteiger partial charge >= 0.3 is 0 Å². The van der Waals surface area contributed by atoms with Crippen LogP contribution in [0.4, 0.5) is 0 Å². The summed E-state index contributed by atoms with van der Waals surface area (Å²) in [5, 5.41) is 5.96. The summed E-state index contributed by atoms with van der Waals surface area (Å²) in [5.41, 5.74) is 9.04. The zero-order chi connectivity index (χ0) is 18.6. The van der Waals surface area contributed by atoms with E-state index in [0.717, 1.165) is 22.8 Å². The van der Waals surface area contributed by atoms with Gasteiger partial charge in [-0.1, -0.05) is 37.5 Å². The van der Waals surface area contributed by atoms with E-state index in [-0.39, 0.29) is 6.10 Å². The molecule has 0 aliphatic rings. The van der Waals surface area contributed by atoms with Crippen molar-refractivity contribution in [3.63, 3.8) is 0 Å². The lowest BCUT2D eigenvalue weighted by molar-refractivity contribution is 0.210. The number of pyridine rings is 2. The van der Waals surface area contributed by atoms with Gasteiger partial charge in [0.25, 0.3) is 0 Å². The van der Waals surface area contributed by atoms with E-state index in [0.29, 0.717) is 17.5 Å². The van der Waals surface area contributed by atoms with E-state index < -0.39 is 5.54 Å². The van der Waals surface area contributed by atoms with Crippen LogP contribution in [0.3, 0.4) is 0 Å². The van der Waals surface area contributed by atoms with Crippen LogP contribution < -0.4 is 4.74 Å². The van der Waals surface area contributed by atoms with Gasteiger partial charge < -0.3 is 4.74 Å². The van der Waals surface area contributed by atoms with E-state index in [1.54, 1.807) is 18.5 Å². The second-order valence-electron chi connectivity index (χ2n) is 6.69. The van der Waals surface area contributed by atoms with Gasteiger partial charge in [-0.15, -0.1) is 0 Å². The van der Waals surface area contributed by atoms with E-state index in [2.05, 4.69) is 33.8 Å². The van der Waals surface area contributed by atoms with Crippen LogP contribution in [0.25, 0.3) is 21.2 Å². The Kier molecular flexibility index (Phi) is 6.09. The number of azide groups is 1. The van der Waals surface area contributed by atoms with Crippen LogP contribution in [0.2, 0.25) is 5.15 Å². The predicted octanol–water partition coefficient (Wildman–Crippen LogP) is 5.99. The monoisotopic (exact) mass is 360 g/mol. The van der Waals surface area contributed by atoms with Crippen molar-refractivity contribution in [2.75, 3.05) is 0 Å². The average molecular weight is 361 g/mol. The number of halogens is 1. The Bertz CT molecular complexity index is 803. The zero-order valence-corrected chi connectivity index (χ0v) is 16.0. The summed E-state index contributed by atoms with van der Waals surface area (Å²) in [6.45, 7) is 10.0. The zero-order valence-electron chi connectivity index (χ0n) is 15.2. The smallest absolute Gasteiger partial charge is 0.223 e. The maximum atomic E-state index is 8.95. The second kappa shape index (κ2) is 7.89. The Balaban J connectivity index is 2.59. The van der Waals surface area contributed by atoms with E-state index >= 15 is 0 Å². The molecule has 0 unspecified atom stereocenters. The number of fused-ring (bicyclic) bond motifs is 1. The SMILES string of the molecule is CC[C@@](C)(N=[N+]=[N-])c1cnc(O[C@@H](C)C[C](C)C)c2cnc(Cl)cc12. The van der Waals surface area contributed by atoms with Gasteiger partial charge in [-0.05, 0) is 55.2 Å².